The summed E-state index contributed by atoms with van der Waals surface area (Å²) in [4.78, 5) is 0. The van der Waals surface area contributed by atoms with Gasteiger partial charge in [0.25, 0.3) is 0 Å². The van der Waals surface area contributed by atoms with Gasteiger partial charge in [-0.15, -0.1) is 0 Å². The minimum Gasteiger partial charge on any atom is -0.314 e. The molecule has 90 valence electrons. The molecular weight excluding hydrogens is 182 g/mol. The van der Waals surface area contributed by atoms with Crippen LogP contribution in [0.25, 0.3) is 0 Å². The molecule has 0 heterocycles. The van der Waals surface area contributed by atoms with E-state index in [1.807, 2.05) is 0 Å². The van der Waals surface area contributed by atoms with Gasteiger partial charge < -0.3 is 5.32 Å². The first kappa shape index (κ1) is 13.0. The Kier molecular flexibility index (Phi) is 6.31. The van der Waals surface area contributed by atoms with Crippen molar-refractivity contribution in [3.63, 3.8) is 0 Å². The highest BCUT2D eigenvalue weighted by Gasteiger charge is 2.25. The molecule has 0 aromatic heterocycles. The fraction of sp³-hybridized carbons (Fsp3) is 1.00. The van der Waals surface area contributed by atoms with E-state index in [-0.39, 0.29) is 0 Å². The Bertz CT molecular complexity index is 153. The third kappa shape index (κ3) is 5.01. The number of hydrogen-bond donors (Lipinski definition) is 1. The Morgan fingerprint density at radius 2 is 2.07 bits per heavy atom. The monoisotopic (exact) mass is 211 g/mol. The Labute approximate surface area is 96.0 Å². The fourth-order valence-corrected chi connectivity index (χ4v) is 2.77. The van der Waals surface area contributed by atoms with Gasteiger partial charge in [-0.3, -0.25) is 0 Å². The first-order chi connectivity index (χ1) is 7.24. The predicted molar refractivity (Wildman–Crippen MR) is 68.1 cm³/mol. The Morgan fingerprint density at radius 1 is 1.27 bits per heavy atom. The zero-order valence-electron chi connectivity index (χ0n) is 10.9. The van der Waals surface area contributed by atoms with Crippen molar-refractivity contribution in [3.8, 4) is 0 Å². The molecule has 0 aliphatic heterocycles. The summed E-state index contributed by atoms with van der Waals surface area (Å²) in [7, 11) is 0. The van der Waals surface area contributed by atoms with E-state index in [1.54, 1.807) is 0 Å². The maximum atomic E-state index is 3.72. The third-order valence-electron chi connectivity index (χ3n) is 3.67. The lowest BCUT2D eigenvalue weighted by molar-refractivity contribution is 0.359. The maximum Gasteiger partial charge on any atom is 0.00953 e. The quantitative estimate of drug-likeness (QED) is 0.671. The van der Waals surface area contributed by atoms with Crippen molar-refractivity contribution < 1.29 is 0 Å². The van der Waals surface area contributed by atoms with Gasteiger partial charge in [-0.1, -0.05) is 40.0 Å². The molecule has 2 unspecified atom stereocenters. The van der Waals surface area contributed by atoms with Crippen molar-refractivity contribution in [3.05, 3.63) is 0 Å². The molecule has 0 bridgehead atoms. The first-order valence-corrected chi connectivity index (χ1v) is 6.97. The van der Waals surface area contributed by atoms with E-state index in [0.29, 0.717) is 0 Å². The normalized spacial score (nSPS) is 26.4. The second-order valence-electron chi connectivity index (χ2n) is 5.58. The summed E-state index contributed by atoms with van der Waals surface area (Å²) >= 11 is 0. The summed E-state index contributed by atoms with van der Waals surface area (Å²) in [6.45, 7) is 8.14. The molecule has 0 amide bonds. The molecule has 1 nitrogen and oxygen atoms in total. The van der Waals surface area contributed by atoms with Crippen molar-refractivity contribution in [1.29, 1.82) is 0 Å². The van der Waals surface area contributed by atoms with Gasteiger partial charge in [-0.25, -0.2) is 0 Å². The van der Waals surface area contributed by atoms with Crippen LogP contribution < -0.4 is 5.32 Å². The van der Waals surface area contributed by atoms with Gasteiger partial charge in [0.2, 0.25) is 0 Å². The number of hydrogen-bond acceptors (Lipinski definition) is 1. The van der Waals surface area contributed by atoms with Gasteiger partial charge >= 0.3 is 0 Å². The predicted octanol–water partition coefficient (Wildman–Crippen LogP) is 3.98. The molecule has 1 rings (SSSR count). The second-order valence-corrected chi connectivity index (χ2v) is 5.58. The molecule has 0 saturated heterocycles. The second kappa shape index (κ2) is 7.27. The van der Waals surface area contributed by atoms with Crippen molar-refractivity contribution in [2.45, 2.75) is 71.8 Å². The summed E-state index contributed by atoms with van der Waals surface area (Å²) in [5.41, 5.74) is 0. The highest BCUT2D eigenvalue weighted by Crippen LogP contribution is 2.30. The van der Waals surface area contributed by atoms with Gasteiger partial charge in [-0.2, -0.15) is 0 Å². The minimum atomic E-state index is 0.845. The van der Waals surface area contributed by atoms with Gasteiger partial charge in [0, 0.05) is 6.04 Å². The van der Waals surface area contributed by atoms with Crippen LogP contribution in [0.2, 0.25) is 0 Å². The van der Waals surface area contributed by atoms with Crippen LogP contribution in [0, 0.1) is 11.8 Å². The highest BCUT2D eigenvalue weighted by molar-refractivity contribution is 4.82. The molecule has 0 aromatic carbocycles. The molecule has 1 heteroatoms. The topological polar surface area (TPSA) is 12.0 Å². The van der Waals surface area contributed by atoms with Crippen molar-refractivity contribution in [2.24, 2.45) is 11.8 Å². The van der Waals surface area contributed by atoms with Crippen molar-refractivity contribution >= 4 is 0 Å². The Morgan fingerprint density at radius 3 is 2.73 bits per heavy atom. The molecular formula is C14H29N. The smallest absolute Gasteiger partial charge is 0.00953 e. The van der Waals surface area contributed by atoms with Crippen LogP contribution in [-0.2, 0) is 0 Å². The summed E-state index contributed by atoms with van der Waals surface area (Å²) in [6.07, 6.45) is 9.93. The number of nitrogens with one attached hydrogen (secondary N) is 1. The fourth-order valence-electron chi connectivity index (χ4n) is 2.77. The summed E-state index contributed by atoms with van der Waals surface area (Å²) < 4.78 is 0. The van der Waals surface area contributed by atoms with Gasteiger partial charge in [0.15, 0.2) is 0 Å². The molecule has 1 aliphatic carbocycles. The van der Waals surface area contributed by atoms with Crippen LogP contribution >= 0.6 is 0 Å². The van der Waals surface area contributed by atoms with Gasteiger partial charge in [0.1, 0.15) is 0 Å². The zero-order chi connectivity index (χ0) is 11.1. The lowest BCUT2D eigenvalue weighted by Gasteiger charge is -2.21. The van der Waals surface area contributed by atoms with E-state index >= 15 is 0 Å². The average Bonchev–Trinajstić information content (AvgIpc) is 2.62. The van der Waals surface area contributed by atoms with E-state index in [2.05, 4.69) is 26.1 Å². The molecule has 0 spiro atoms. The molecule has 1 N–H and O–H groups in total. The van der Waals surface area contributed by atoms with E-state index in [0.717, 1.165) is 17.9 Å². The van der Waals surface area contributed by atoms with Crippen molar-refractivity contribution in [2.75, 3.05) is 6.54 Å². The summed E-state index contributed by atoms with van der Waals surface area (Å²) in [5.74, 6) is 1.86. The van der Waals surface area contributed by atoms with E-state index < -0.39 is 0 Å². The lowest BCUT2D eigenvalue weighted by atomic mass is 9.94. The standard InChI is InChI=1S/C14H29N/c1-4-11-15-14-10-6-9-13(14)8-5-7-12(2)3/h12-15H,4-11H2,1-3H3. The highest BCUT2D eigenvalue weighted by atomic mass is 14.9. The van der Waals surface area contributed by atoms with E-state index in [1.165, 1.54) is 51.5 Å². The summed E-state index contributed by atoms with van der Waals surface area (Å²) in [5, 5.41) is 3.72. The van der Waals surface area contributed by atoms with Crippen LogP contribution in [0.15, 0.2) is 0 Å². The van der Waals surface area contributed by atoms with Crippen LogP contribution in [0.4, 0.5) is 0 Å². The Hall–Kier alpha value is -0.0400. The average molecular weight is 211 g/mol. The number of rotatable bonds is 7. The molecule has 1 saturated carbocycles. The molecule has 0 radical (unpaired) electrons. The molecule has 2 atom stereocenters. The largest absolute Gasteiger partial charge is 0.314 e. The SMILES string of the molecule is CCCNC1CCCC1CCCC(C)C. The van der Waals surface area contributed by atoms with Crippen molar-refractivity contribution in [1.82, 2.24) is 5.32 Å². The minimum absolute atomic E-state index is 0.845. The molecule has 1 aliphatic rings. The molecule has 0 aromatic rings. The molecule has 1 fully saturated rings. The van der Waals surface area contributed by atoms with Gasteiger partial charge in [0.05, 0.1) is 0 Å². The third-order valence-corrected chi connectivity index (χ3v) is 3.67. The van der Waals surface area contributed by atoms with Crippen LogP contribution in [0.1, 0.15) is 65.7 Å². The zero-order valence-corrected chi connectivity index (χ0v) is 10.9. The Balaban J connectivity index is 2.15. The van der Waals surface area contributed by atoms with E-state index in [9.17, 15) is 0 Å². The molecule has 15 heavy (non-hydrogen) atoms. The summed E-state index contributed by atoms with van der Waals surface area (Å²) in [6, 6.07) is 0.845. The first-order valence-electron chi connectivity index (χ1n) is 6.97. The maximum absolute atomic E-state index is 3.72. The van der Waals surface area contributed by atoms with Gasteiger partial charge in [-0.05, 0) is 44.1 Å². The van der Waals surface area contributed by atoms with E-state index in [4.69, 9.17) is 0 Å². The van der Waals surface area contributed by atoms with Crippen LogP contribution in [0.3, 0.4) is 0 Å². The van der Waals surface area contributed by atoms with Crippen LogP contribution in [-0.4, -0.2) is 12.6 Å². The lowest BCUT2D eigenvalue weighted by Crippen LogP contribution is -2.32. The van der Waals surface area contributed by atoms with Crippen LogP contribution in [0.5, 0.6) is 0 Å².